The molecule has 0 bridgehead atoms. The van der Waals surface area contributed by atoms with Gasteiger partial charge in [-0.05, 0) is 29.8 Å². The second kappa shape index (κ2) is 5.59. The summed E-state index contributed by atoms with van der Waals surface area (Å²) >= 11 is 1.74. The van der Waals surface area contributed by atoms with Crippen molar-refractivity contribution >= 4 is 17.6 Å². The Bertz CT molecular complexity index is 485. The first-order chi connectivity index (χ1) is 8.28. The molecule has 2 N–H and O–H groups in total. The first-order valence-electron chi connectivity index (χ1n) is 5.25. The molecule has 0 aliphatic rings. The summed E-state index contributed by atoms with van der Waals surface area (Å²) in [4.78, 5) is 5.10. The van der Waals surface area contributed by atoms with Crippen LogP contribution in [0.4, 0.5) is 5.82 Å². The van der Waals surface area contributed by atoms with Crippen LogP contribution in [0.2, 0.25) is 0 Å². The number of hydrogen-bond donors (Lipinski definition) is 1. The molecule has 0 aliphatic carbocycles. The van der Waals surface area contributed by atoms with Gasteiger partial charge in [-0.25, -0.2) is 4.98 Å². The van der Waals surface area contributed by atoms with Crippen molar-refractivity contribution in [2.24, 2.45) is 0 Å². The molecule has 0 saturated carbocycles. The van der Waals surface area contributed by atoms with Crippen molar-refractivity contribution in [3.63, 3.8) is 0 Å². The molecule has 0 spiro atoms. The van der Waals surface area contributed by atoms with Gasteiger partial charge in [0.15, 0.2) is 0 Å². The van der Waals surface area contributed by atoms with Gasteiger partial charge in [-0.3, -0.25) is 0 Å². The molecule has 0 aliphatic heterocycles. The fourth-order valence-electron chi connectivity index (χ4n) is 1.41. The van der Waals surface area contributed by atoms with E-state index in [0.717, 1.165) is 16.4 Å². The Hall–Kier alpha value is -1.68. The standard InChI is InChI=1S/C13H14N2OS/c1-16-11-4-2-10(3-5-11)9-17-12-6-7-15-13(14)8-12/h2-8H,9H2,1H3,(H2,14,15). The fraction of sp³-hybridized carbons (Fsp3) is 0.154. The van der Waals surface area contributed by atoms with E-state index in [-0.39, 0.29) is 0 Å². The molecule has 0 radical (unpaired) electrons. The molecule has 0 saturated heterocycles. The molecule has 88 valence electrons. The van der Waals surface area contributed by atoms with Gasteiger partial charge in [0, 0.05) is 16.8 Å². The molecule has 17 heavy (non-hydrogen) atoms. The number of nitrogens with two attached hydrogens (primary N) is 1. The second-order valence-corrected chi connectivity index (χ2v) is 4.60. The Morgan fingerprint density at radius 3 is 2.65 bits per heavy atom. The average Bonchev–Trinajstić information content (AvgIpc) is 2.37. The molecule has 1 aromatic heterocycles. The van der Waals surface area contributed by atoms with Gasteiger partial charge in [0.2, 0.25) is 0 Å². The third-order valence-corrected chi connectivity index (χ3v) is 3.38. The van der Waals surface area contributed by atoms with Gasteiger partial charge in [-0.15, -0.1) is 11.8 Å². The summed E-state index contributed by atoms with van der Waals surface area (Å²) in [5.41, 5.74) is 6.88. The van der Waals surface area contributed by atoms with Crippen LogP contribution in [0.25, 0.3) is 0 Å². The zero-order valence-corrected chi connectivity index (χ0v) is 10.4. The van der Waals surface area contributed by atoms with E-state index in [2.05, 4.69) is 17.1 Å². The number of thioether (sulfide) groups is 1. The van der Waals surface area contributed by atoms with Crippen molar-refractivity contribution in [2.75, 3.05) is 12.8 Å². The summed E-state index contributed by atoms with van der Waals surface area (Å²) in [7, 11) is 1.67. The number of nitrogens with zero attached hydrogens (tertiary/aromatic N) is 1. The number of aromatic nitrogens is 1. The maximum atomic E-state index is 5.62. The van der Waals surface area contributed by atoms with Crippen LogP contribution in [0, 0.1) is 0 Å². The first-order valence-corrected chi connectivity index (χ1v) is 6.24. The fourth-order valence-corrected chi connectivity index (χ4v) is 2.29. The van der Waals surface area contributed by atoms with Gasteiger partial charge in [-0.2, -0.15) is 0 Å². The molecule has 3 nitrogen and oxygen atoms in total. The first kappa shape index (κ1) is 11.8. The minimum Gasteiger partial charge on any atom is -0.497 e. The zero-order valence-electron chi connectivity index (χ0n) is 9.59. The lowest BCUT2D eigenvalue weighted by Crippen LogP contribution is -1.89. The van der Waals surface area contributed by atoms with Crippen LogP contribution in [0.15, 0.2) is 47.5 Å². The number of pyridine rings is 1. The van der Waals surface area contributed by atoms with Crippen molar-refractivity contribution in [3.05, 3.63) is 48.2 Å². The Morgan fingerprint density at radius 1 is 1.24 bits per heavy atom. The molecule has 0 atom stereocenters. The Balaban J connectivity index is 1.97. The van der Waals surface area contributed by atoms with Crippen molar-refractivity contribution in [1.82, 2.24) is 4.98 Å². The number of rotatable bonds is 4. The smallest absolute Gasteiger partial charge is 0.124 e. The number of nitrogen functional groups attached to an aromatic ring is 1. The lowest BCUT2D eigenvalue weighted by Gasteiger charge is -2.04. The van der Waals surface area contributed by atoms with Gasteiger partial charge in [0.25, 0.3) is 0 Å². The zero-order chi connectivity index (χ0) is 12.1. The van der Waals surface area contributed by atoms with Crippen LogP contribution in [0.5, 0.6) is 5.75 Å². The Labute approximate surface area is 105 Å². The number of methoxy groups -OCH3 is 1. The number of anilines is 1. The SMILES string of the molecule is COc1ccc(CSc2ccnc(N)c2)cc1. The van der Waals surface area contributed by atoms with Gasteiger partial charge in [0.05, 0.1) is 7.11 Å². The Morgan fingerprint density at radius 2 is 2.00 bits per heavy atom. The maximum absolute atomic E-state index is 5.62. The largest absolute Gasteiger partial charge is 0.497 e. The van der Waals surface area contributed by atoms with E-state index in [1.54, 1.807) is 25.1 Å². The summed E-state index contributed by atoms with van der Waals surface area (Å²) in [6.45, 7) is 0. The van der Waals surface area contributed by atoms with Crippen LogP contribution in [-0.4, -0.2) is 12.1 Å². The van der Waals surface area contributed by atoms with Crippen LogP contribution in [0.3, 0.4) is 0 Å². The van der Waals surface area contributed by atoms with Gasteiger partial charge >= 0.3 is 0 Å². The normalized spacial score (nSPS) is 10.2. The third-order valence-electron chi connectivity index (χ3n) is 2.32. The minimum atomic E-state index is 0.560. The highest BCUT2D eigenvalue weighted by molar-refractivity contribution is 7.98. The summed E-state index contributed by atoms with van der Waals surface area (Å²) in [6, 6.07) is 11.9. The molecular weight excluding hydrogens is 232 g/mol. The molecule has 1 aromatic carbocycles. The van der Waals surface area contributed by atoms with E-state index in [9.17, 15) is 0 Å². The average molecular weight is 246 g/mol. The summed E-state index contributed by atoms with van der Waals surface area (Å²) in [6.07, 6.45) is 1.73. The monoisotopic (exact) mass is 246 g/mol. The highest BCUT2D eigenvalue weighted by Gasteiger charge is 1.98. The lowest BCUT2D eigenvalue weighted by molar-refractivity contribution is 0.414. The highest BCUT2D eigenvalue weighted by Crippen LogP contribution is 2.24. The van der Waals surface area contributed by atoms with E-state index in [1.165, 1.54) is 5.56 Å². The number of hydrogen-bond acceptors (Lipinski definition) is 4. The summed E-state index contributed by atoms with van der Waals surface area (Å²) in [5, 5.41) is 0. The van der Waals surface area contributed by atoms with E-state index in [0.29, 0.717) is 5.82 Å². The molecule has 1 heterocycles. The predicted molar refractivity (Wildman–Crippen MR) is 71.2 cm³/mol. The highest BCUT2D eigenvalue weighted by atomic mass is 32.2. The molecular formula is C13H14N2OS. The Kier molecular flexibility index (Phi) is 3.88. The minimum absolute atomic E-state index is 0.560. The van der Waals surface area contributed by atoms with Crippen LogP contribution < -0.4 is 10.5 Å². The summed E-state index contributed by atoms with van der Waals surface area (Å²) in [5.74, 6) is 2.35. The number of ether oxygens (including phenoxy) is 1. The summed E-state index contributed by atoms with van der Waals surface area (Å²) < 4.78 is 5.12. The van der Waals surface area contributed by atoms with Crippen molar-refractivity contribution in [3.8, 4) is 5.75 Å². The van der Waals surface area contributed by atoms with Crippen molar-refractivity contribution < 1.29 is 4.74 Å². The van der Waals surface area contributed by atoms with Gasteiger partial charge in [0.1, 0.15) is 11.6 Å². The molecule has 0 fully saturated rings. The molecule has 4 heteroatoms. The molecule has 2 rings (SSSR count). The second-order valence-electron chi connectivity index (χ2n) is 3.55. The maximum Gasteiger partial charge on any atom is 0.124 e. The molecule has 2 aromatic rings. The van der Waals surface area contributed by atoms with E-state index >= 15 is 0 Å². The van der Waals surface area contributed by atoms with Gasteiger partial charge in [-0.1, -0.05) is 12.1 Å². The van der Waals surface area contributed by atoms with E-state index < -0.39 is 0 Å². The lowest BCUT2D eigenvalue weighted by atomic mass is 10.2. The third kappa shape index (κ3) is 3.39. The van der Waals surface area contributed by atoms with E-state index in [4.69, 9.17) is 10.5 Å². The van der Waals surface area contributed by atoms with Crippen molar-refractivity contribution in [1.29, 1.82) is 0 Å². The molecule has 0 amide bonds. The number of benzene rings is 1. The van der Waals surface area contributed by atoms with Crippen LogP contribution in [0.1, 0.15) is 5.56 Å². The quantitative estimate of drug-likeness (QED) is 0.843. The van der Waals surface area contributed by atoms with E-state index in [1.807, 2.05) is 24.3 Å². The van der Waals surface area contributed by atoms with Crippen molar-refractivity contribution in [2.45, 2.75) is 10.6 Å². The van der Waals surface area contributed by atoms with Gasteiger partial charge < -0.3 is 10.5 Å². The predicted octanol–water partition coefficient (Wildman–Crippen LogP) is 2.96. The van der Waals surface area contributed by atoms with Crippen LogP contribution in [-0.2, 0) is 5.75 Å². The van der Waals surface area contributed by atoms with Crippen LogP contribution >= 0.6 is 11.8 Å². The topological polar surface area (TPSA) is 48.1 Å². The molecule has 0 unspecified atom stereocenters.